The molecule has 10 atom stereocenters. The number of nitrogens with zero attached hydrogens (tertiary/aromatic N) is 8. The number of nitrogens with one attached hydrogen (secondary N) is 2. The van der Waals surface area contributed by atoms with Crippen LogP contribution in [0.4, 0.5) is 11.6 Å². The molecule has 6 aromatic rings. The Morgan fingerprint density at radius 3 is 1.64 bits per heavy atom. The zero-order valence-corrected chi connectivity index (χ0v) is 49.8. The van der Waals surface area contributed by atoms with Crippen molar-refractivity contribution >= 4 is 97.3 Å². The molecular formula is C49H58Br2N12O14S4. The number of anilines is 2. The number of aliphatic hydroxyl groups excluding tert-OH is 2. The molecule has 5 heterocycles. The molecular weight excluding hydrogens is 1270 g/mol. The summed E-state index contributed by atoms with van der Waals surface area (Å²) in [5.74, 6) is -1.37. The fourth-order valence-corrected chi connectivity index (χ4v) is 13.8. The lowest BCUT2D eigenvalue weighted by atomic mass is 10.1. The molecule has 32 heteroatoms. The van der Waals surface area contributed by atoms with Gasteiger partial charge in [0.25, 0.3) is 0 Å². The summed E-state index contributed by atoms with van der Waals surface area (Å²) in [5, 5.41) is 47.0. The number of fused-ring (bicyclic) bond motifs is 1. The Morgan fingerprint density at radius 1 is 0.704 bits per heavy atom. The number of alkyl halides is 2. The van der Waals surface area contributed by atoms with E-state index in [4.69, 9.17) is 23.9 Å². The molecule has 2 saturated carbocycles. The first-order chi connectivity index (χ1) is 38.5. The molecule has 3 fully saturated rings. The van der Waals surface area contributed by atoms with Crippen molar-refractivity contribution < 1.29 is 62.9 Å². The van der Waals surface area contributed by atoms with E-state index in [-0.39, 0.29) is 64.9 Å². The van der Waals surface area contributed by atoms with Gasteiger partial charge >= 0.3 is 20.6 Å². The van der Waals surface area contributed by atoms with Crippen LogP contribution in [0.2, 0.25) is 0 Å². The summed E-state index contributed by atoms with van der Waals surface area (Å²) < 4.78 is 94.5. The zero-order chi connectivity index (χ0) is 58.2. The lowest BCUT2D eigenvalue weighted by molar-refractivity contribution is -0.158. The van der Waals surface area contributed by atoms with E-state index >= 15 is 0 Å². The Balaban J connectivity index is 0.000000213. The Bertz CT molecular complexity index is 3490. The third-order valence-electron chi connectivity index (χ3n) is 13.1. The van der Waals surface area contributed by atoms with Crippen LogP contribution in [0.3, 0.4) is 0 Å². The summed E-state index contributed by atoms with van der Waals surface area (Å²) in [7, 11) is -10.6. The SMILES string of the molecule is CC1(C)O[C@@H]2[C@@H](COS(N)(=O)=O)C[C@@H](Nc3ncncc3C(=O)c3ccn(Cc4cccc(S(=O)CCBr)c4)n3)[C@@H]2O1.NS(=O)(=O)OC[C@H]1C[C@@H](Nc2ncncc2C(=O)c2ccn(Cc3cccc(S(=O)CCBr)c3)n2)[C@H](O)[C@@H]1O. The van der Waals surface area contributed by atoms with Crippen molar-refractivity contribution in [2.24, 2.45) is 22.1 Å². The van der Waals surface area contributed by atoms with Crippen LogP contribution in [-0.4, -0.2) is 164 Å². The van der Waals surface area contributed by atoms with Crippen molar-refractivity contribution in [3.63, 3.8) is 0 Å². The molecule has 0 spiro atoms. The van der Waals surface area contributed by atoms with Crippen LogP contribution in [0.5, 0.6) is 0 Å². The van der Waals surface area contributed by atoms with Crippen LogP contribution >= 0.6 is 31.9 Å². The first-order valence-corrected chi connectivity index (χ1v) is 32.7. The van der Waals surface area contributed by atoms with Crippen molar-refractivity contribution in [3.8, 4) is 0 Å². The molecule has 4 aromatic heterocycles. The van der Waals surface area contributed by atoms with Gasteiger partial charge in [0.05, 0.1) is 83.3 Å². The van der Waals surface area contributed by atoms with E-state index in [0.717, 1.165) is 16.0 Å². The third-order valence-corrected chi connectivity index (χ3v) is 18.6. The normalized spacial score (nSPS) is 23.0. The number of nitrogens with two attached hydrogens (primary N) is 2. The number of aliphatic hydroxyl groups is 2. The van der Waals surface area contributed by atoms with Crippen LogP contribution in [0.25, 0.3) is 0 Å². The fraction of sp³-hybridized carbons (Fsp3) is 0.429. The van der Waals surface area contributed by atoms with E-state index in [2.05, 4.69) is 76.8 Å². The van der Waals surface area contributed by atoms with Gasteiger partial charge in [0.1, 0.15) is 47.9 Å². The monoisotopic (exact) mass is 1320 g/mol. The van der Waals surface area contributed by atoms with Crippen LogP contribution in [0.1, 0.15) is 69.9 Å². The smallest absolute Gasteiger partial charge is 0.333 e. The van der Waals surface area contributed by atoms with Crippen molar-refractivity contribution in [1.82, 2.24) is 39.5 Å². The van der Waals surface area contributed by atoms with Gasteiger partial charge in [0.15, 0.2) is 5.79 Å². The molecule has 26 nitrogen and oxygen atoms in total. The molecule has 9 rings (SSSR count). The molecule has 1 saturated heterocycles. The predicted octanol–water partition coefficient (Wildman–Crippen LogP) is 2.19. The minimum Gasteiger partial charge on any atom is -0.390 e. The molecule has 81 heavy (non-hydrogen) atoms. The molecule has 2 aliphatic carbocycles. The topological polar surface area (TPSA) is 377 Å². The Hall–Kier alpha value is -5.20. The number of benzene rings is 2. The first-order valence-electron chi connectivity index (χ1n) is 24.9. The molecule has 0 amide bonds. The highest BCUT2D eigenvalue weighted by molar-refractivity contribution is 9.09. The van der Waals surface area contributed by atoms with Gasteiger partial charge in [-0.15, -0.1) is 0 Å². The van der Waals surface area contributed by atoms with Crippen LogP contribution in [-0.2, 0) is 73.1 Å². The van der Waals surface area contributed by atoms with Crippen LogP contribution < -0.4 is 20.9 Å². The highest BCUT2D eigenvalue weighted by Crippen LogP contribution is 2.43. The summed E-state index contributed by atoms with van der Waals surface area (Å²) in [4.78, 5) is 44.7. The predicted molar refractivity (Wildman–Crippen MR) is 302 cm³/mol. The quantitative estimate of drug-likeness (QED) is 0.0373. The van der Waals surface area contributed by atoms with E-state index < -0.39 is 96.8 Å². The first kappa shape index (κ1) is 61.9. The van der Waals surface area contributed by atoms with Gasteiger partial charge in [-0.3, -0.25) is 35.7 Å². The second kappa shape index (κ2) is 27.0. The number of hydrogen-bond acceptors (Lipinski definition) is 22. The summed E-state index contributed by atoms with van der Waals surface area (Å²) in [6, 6.07) is 16.9. The van der Waals surface area contributed by atoms with Crippen LogP contribution in [0.15, 0.2) is 108 Å². The van der Waals surface area contributed by atoms with Gasteiger partial charge < -0.3 is 30.3 Å². The van der Waals surface area contributed by atoms with Crippen molar-refractivity contribution in [2.75, 3.05) is 46.0 Å². The van der Waals surface area contributed by atoms with Gasteiger partial charge in [-0.1, -0.05) is 56.1 Å². The lowest BCUT2D eigenvalue weighted by Crippen LogP contribution is -2.36. The number of hydrogen-bond donors (Lipinski definition) is 6. The second-order valence-electron chi connectivity index (χ2n) is 19.4. The maximum absolute atomic E-state index is 13.5. The highest BCUT2D eigenvalue weighted by Gasteiger charge is 2.54. The number of ketones is 2. The Kier molecular flexibility index (Phi) is 20.6. The molecule has 2 aromatic carbocycles. The summed E-state index contributed by atoms with van der Waals surface area (Å²) in [6.07, 6.45) is 5.73. The maximum Gasteiger partial charge on any atom is 0.333 e. The summed E-state index contributed by atoms with van der Waals surface area (Å²) in [6.45, 7) is 3.72. The van der Waals surface area contributed by atoms with Gasteiger partial charge in [-0.05, 0) is 74.2 Å². The average Bonchev–Trinajstić information content (AvgIpc) is 4.28. The Morgan fingerprint density at radius 2 is 1.16 bits per heavy atom. The minimum atomic E-state index is -4.21. The van der Waals surface area contributed by atoms with E-state index in [1.54, 1.807) is 53.8 Å². The molecule has 2 unspecified atom stereocenters. The molecule has 3 aliphatic rings. The molecule has 0 radical (unpaired) electrons. The molecule has 1 aliphatic heterocycles. The number of halogens is 2. The number of rotatable bonds is 24. The second-order valence-corrected chi connectivity index (χ2v) is 26.6. The van der Waals surface area contributed by atoms with Gasteiger partial charge in [0.2, 0.25) is 11.6 Å². The number of aromatic nitrogens is 8. The van der Waals surface area contributed by atoms with Gasteiger partial charge in [0, 0.05) is 68.6 Å². The lowest BCUT2D eigenvalue weighted by Gasteiger charge is -2.24. The largest absolute Gasteiger partial charge is 0.390 e. The van der Waals surface area contributed by atoms with E-state index in [1.807, 2.05) is 42.5 Å². The Labute approximate surface area is 488 Å². The van der Waals surface area contributed by atoms with Crippen molar-refractivity contribution in [2.45, 2.75) is 91.9 Å². The zero-order valence-electron chi connectivity index (χ0n) is 43.3. The standard InChI is InChI=1S/C26H31BrN6O7S2.C23H27BrN6O7S2/c1-26(2)39-23-17(14-38-42(28,36)37)11-21(24(23)40-26)31-25-19(12-29-15-30-25)22(34)20-6-8-33(32-20)13-16-4-3-5-18(10-16)41(35)9-7-27;24-5-7-38(34)16-3-1-2-14(8-16)11-30-6-4-18(29-30)21(32)17-10-26-13-27-23(17)28-19-9-15(20(31)22(19)33)12-37-39(25,35)36/h3-6,8,10,12,15,17,21,23-24H,7,9,11,13-14H2,1-2H3,(H2,28,36,37)(H,29,30,31);1-4,6,8,10,13,15,19-20,22,31,33H,5,7,9,11-12H2,(H2,25,35,36)(H,26,27,28)/t17-,21-,23-,24+,41?;15-,19-,20-,22+,38?/m11/s1. The molecule has 436 valence electrons. The molecule has 8 N–H and O–H groups in total. The number of ether oxygens (including phenoxy) is 2. The van der Waals surface area contributed by atoms with E-state index in [0.29, 0.717) is 46.6 Å². The fourth-order valence-electron chi connectivity index (χ4n) is 9.50. The number of carbonyl (C=O) groups is 2. The average molecular weight is 1330 g/mol. The van der Waals surface area contributed by atoms with E-state index in [1.165, 1.54) is 25.0 Å². The van der Waals surface area contributed by atoms with Crippen molar-refractivity contribution in [1.29, 1.82) is 0 Å². The number of carbonyl (C=O) groups excluding carboxylic acids is 2. The van der Waals surface area contributed by atoms with Crippen LogP contribution in [0, 0.1) is 11.8 Å². The molecule has 0 bridgehead atoms. The van der Waals surface area contributed by atoms with Gasteiger partial charge in [-0.25, -0.2) is 30.2 Å². The summed E-state index contributed by atoms with van der Waals surface area (Å²) in [5.41, 5.74) is 2.43. The van der Waals surface area contributed by atoms with Gasteiger partial charge in [-0.2, -0.15) is 27.0 Å². The minimum absolute atomic E-state index is 0.0980. The third kappa shape index (κ3) is 16.5. The maximum atomic E-state index is 13.5. The summed E-state index contributed by atoms with van der Waals surface area (Å²) >= 11 is 6.62. The van der Waals surface area contributed by atoms with Crippen molar-refractivity contribution in [3.05, 3.63) is 132 Å². The highest BCUT2D eigenvalue weighted by atomic mass is 79.9. The van der Waals surface area contributed by atoms with E-state index in [9.17, 15) is 45.1 Å².